The molecule has 0 saturated heterocycles. The third-order valence-corrected chi connectivity index (χ3v) is 3.95. The second-order valence-electron chi connectivity index (χ2n) is 4.94. The minimum Gasteiger partial charge on any atom is -0.370 e. The normalized spacial score (nSPS) is 34.2. The van der Waals surface area contributed by atoms with Gasteiger partial charge in [0.1, 0.15) is 0 Å². The van der Waals surface area contributed by atoms with Crippen LogP contribution in [0.2, 0.25) is 0 Å². The number of hydrogen-bond donors (Lipinski definition) is 3. The fourth-order valence-corrected chi connectivity index (χ4v) is 3.15. The van der Waals surface area contributed by atoms with Crippen molar-refractivity contribution in [2.24, 2.45) is 29.2 Å². The first-order chi connectivity index (χ1) is 7.59. The highest BCUT2D eigenvalue weighted by Gasteiger charge is 2.48. The van der Waals surface area contributed by atoms with Crippen molar-refractivity contribution in [1.82, 2.24) is 5.32 Å². The van der Waals surface area contributed by atoms with Crippen LogP contribution in [0.5, 0.6) is 0 Å². The Morgan fingerprint density at radius 2 is 1.88 bits per heavy atom. The van der Waals surface area contributed by atoms with Crippen molar-refractivity contribution in [3.8, 4) is 0 Å². The molecule has 98 valence electrons. The number of halogens is 1. The molecule has 4 atom stereocenters. The lowest BCUT2D eigenvalue weighted by molar-refractivity contribution is -0.127. The summed E-state index contributed by atoms with van der Waals surface area (Å²) in [6, 6.07) is 0.00679. The number of nitrogens with two attached hydrogens (primary N) is 2. The zero-order valence-corrected chi connectivity index (χ0v) is 10.5. The fourth-order valence-electron chi connectivity index (χ4n) is 3.15. The quantitative estimate of drug-likeness (QED) is 0.652. The van der Waals surface area contributed by atoms with Crippen molar-refractivity contribution in [3.05, 3.63) is 0 Å². The number of amides is 2. The van der Waals surface area contributed by atoms with E-state index < -0.39 is 5.91 Å². The highest BCUT2D eigenvalue weighted by Crippen LogP contribution is 2.47. The van der Waals surface area contributed by atoms with Crippen LogP contribution in [-0.4, -0.2) is 24.4 Å². The van der Waals surface area contributed by atoms with E-state index in [2.05, 4.69) is 5.32 Å². The summed E-state index contributed by atoms with van der Waals surface area (Å²) in [5.41, 5.74) is 11.0. The van der Waals surface area contributed by atoms with Crippen molar-refractivity contribution < 1.29 is 9.59 Å². The van der Waals surface area contributed by atoms with Crippen molar-refractivity contribution in [3.63, 3.8) is 0 Å². The summed E-state index contributed by atoms with van der Waals surface area (Å²) in [5, 5.41) is 2.75. The first kappa shape index (κ1) is 14.3. The lowest BCUT2D eigenvalue weighted by Crippen LogP contribution is -2.45. The van der Waals surface area contributed by atoms with Gasteiger partial charge in [-0.15, -0.1) is 12.4 Å². The molecule has 2 saturated carbocycles. The van der Waals surface area contributed by atoms with Crippen LogP contribution in [-0.2, 0) is 9.59 Å². The minimum atomic E-state index is -0.391. The predicted molar refractivity (Wildman–Crippen MR) is 66.4 cm³/mol. The molecule has 2 bridgehead atoms. The first-order valence-electron chi connectivity index (χ1n) is 5.91. The van der Waals surface area contributed by atoms with Gasteiger partial charge >= 0.3 is 0 Å². The summed E-state index contributed by atoms with van der Waals surface area (Å²) in [6.45, 7) is 0.328. The number of rotatable bonds is 4. The molecule has 2 aliphatic carbocycles. The average Bonchev–Trinajstić information content (AvgIpc) is 2.76. The van der Waals surface area contributed by atoms with E-state index in [4.69, 9.17) is 11.5 Å². The molecule has 0 aliphatic heterocycles. The summed E-state index contributed by atoms with van der Waals surface area (Å²) >= 11 is 0. The molecule has 0 spiro atoms. The van der Waals surface area contributed by atoms with Gasteiger partial charge in [-0.2, -0.15) is 0 Å². The molecule has 6 heteroatoms. The molecule has 17 heavy (non-hydrogen) atoms. The van der Waals surface area contributed by atoms with Crippen LogP contribution in [0.3, 0.4) is 0 Å². The average molecular weight is 262 g/mol. The van der Waals surface area contributed by atoms with Crippen molar-refractivity contribution in [2.45, 2.75) is 31.7 Å². The Bertz CT molecular complexity index is 309. The van der Waals surface area contributed by atoms with Gasteiger partial charge in [0.2, 0.25) is 11.8 Å². The Morgan fingerprint density at radius 1 is 1.24 bits per heavy atom. The molecular formula is C11H20ClN3O2. The number of hydrogen-bond acceptors (Lipinski definition) is 3. The van der Waals surface area contributed by atoms with Crippen LogP contribution in [0.1, 0.15) is 25.7 Å². The fraction of sp³-hybridized carbons (Fsp3) is 0.818. The molecule has 2 aliphatic rings. The molecule has 2 fully saturated rings. The zero-order valence-electron chi connectivity index (χ0n) is 9.72. The summed E-state index contributed by atoms with van der Waals surface area (Å²) in [7, 11) is 0. The van der Waals surface area contributed by atoms with Gasteiger partial charge in [0.15, 0.2) is 0 Å². The molecule has 0 aromatic carbocycles. The van der Waals surface area contributed by atoms with Gasteiger partial charge in [0.05, 0.1) is 5.92 Å². The smallest absolute Gasteiger partial charge is 0.224 e. The summed E-state index contributed by atoms with van der Waals surface area (Å²) in [4.78, 5) is 22.4. The summed E-state index contributed by atoms with van der Waals surface area (Å²) in [6.07, 6.45) is 3.57. The molecule has 2 amide bonds. The summed E-state index contributed by atoms with van der Waals surface area (Å²) in [5.74, 6) is 0.538. The van der Waals surface area contributed by atoms with Crippen LogP contribution >= 0.6 is 12.4 Å². The van der Waals surface area contributed by atoms with E-state index in [0.29, 0.717) is 18.4 Å². The van der Waals surface area contributed by atoms with E-state index in [0.717, 1.165) is 19.3 Å². The van der Waals surface area contributed by atoms with Crippen LogP contribution in [0, 0.1) is 17.8 Å². The van der Waals surface area contributed by atoms with Crippen molar-refractivity contribution >= 4 is 24.2 Å². The topological polar surface area (TPSA) is 98.2 Å². The maximum Gasteiger partial charge on any atom is 0.224 e. The van der Waals surface area contributed by atoms with E-state index in [-0.39, 0.29) is 36.7 Å². The first-order valence-corrected chi connectivity index (χ1v) is 5.91. The molecular weight excluding hydrogens is 242 g/mol. The predicted octanol–water partition coefficient (Wildman–Crippen LogP) is -0.227. The molecule has 5 nitrogen and oxygen atoms in total. The molecule has 0 aromatic heterocycles. The molecule has 5 N–H and O–H groups in total. The van der Waals surface area contributed by atoms with E-state index in [1.54, 1.807) is 0 Å². The Kier molecular flexibility index (Phi) is 4.77. The second kappa shape index (κ2) is 5.69. The van der Waals surface area contributed by atoms with Gasteiger partial charge in [0.25, 0.3) is 0 Å². The van der Waals surface area contributed by atoms with Gasteiger partial charge in [0, 0.05) is 19.0 Å². The van der Waals surface area contributed by atoms with Gasteiger partial charge in [-0.25, -0.2) is 0 Å². The van der Waals surface area contributed by atoms with Crippen LogP contribution < -0.4 is 16.8 Å². The minimum absolute atomic E-state index is 0. The van der Waals surface area contributed by atoms with Gasteiger partial charge < -0.3 is 16.8 Å². The third kappa shape index (κ3) is 2.90. The zero-order chi connectivity index (χ0) is 11.7. The lowest BCUT2D eigenvalue weighted by Gasteiger charge is -2.26. The van der Waals surface area contributed by atoms with Crippen LogP contribution in [0.4, 0.5) is 0 Å². The van der Waals surface area contributed by atoms with Gasteiger partial charge in [-0.1, -0.05) is 0 Å². The molecule has 0 aromatic rings. The number of carbonyl (C=O) groups is 2. The Morgan fingerprint density at radius 3 is 2.41 bits per heavy atom. The monoisotopic (exact) mass is 261 g/mol. The Hall–Kier alpha value is -0.810. The van der Waals surface area contributed by atoms with E-state index in [1.165, 1.54) is 0 Å². The van der Waals surface area contributed by atoms with E-state index in [9.17, 15) is 9.59 Å². The summed E-state index contributed by atoms with van der Waals surface area (Å²) < 4.78 is 0. The van der Waals surface area contributed by atoms with Crippen molar-refractivity contribution in [2.75, 3.05) is 6.54 Å². The Labute approximate surface area is 107 Å². The molecule has 4 unspecified atom stereocenters. The molecule has 0 heterocycles. The van der Waals surface area contributed by atoms with Gasteiger partial charge in [-0.05, 0) is 31.1 Å². The second-order valence-corrected chi connectivity index (χ2v) is 4.94. The molecule has 2 rings (SSSR count). The largest absolute Gasteiger partial charge is 0.370 e. The SMILES string of the molecule is Cl.NC(=O)CCNC(=O)C1C2CCC(C2)C1N. The highest BCUT2D eigenvalue weighted by molar-refractivity contribution is 5.85. The number of primary amides is 1. The third-order valence-electron chi connectivity index (χ3n) is 3.95. The number of fused-ring (bicyclic) bond motifs is 2. The maximum absolute atomic E-state index is 11.9. The van der Waals surface area contributed by atoms with Crippen LogP contribution in [0.25, 0.3) is 0 Å². The lowest BCUT2D eigenvalue weighted by atomic mass is 9.84. The number of nitrogens with one attached hydrogen (secondary N) is 1. The van der Waals surface area contributed by atoms with Gasteiger partial charge in [-0.3, -0.25) is 9.59 Å². The standard InChI is InChI=1S/C11H19N3O2.ClH/c12-8(15)3-4-14-11(16)9-6-1-2-7(5-6)10(9)13;/h6-7,9-10H,1-5,13H2,(H2,12,15)(H,14,16);1H. The number of carbonyl (C=O) groups excluding carboxylic acids is 2. The highest BCUT2D eigenvalue weighted by atomic mass is 35.5. The molecule has 0 radical (unpaired) electrons. The Balaban J connectivity index is 0.00000144. The van der Waals surface area contributed by atoms with Crippen LogP contribution in [0.15, 0.2) is 0 Å². The maximum atomic E-state index is 11.9. The van der Waals surface area contributed by atoms with Crippen molar-refractivity contribution in [1.29, 1.82) is 0 Å². The van der Waals surface area contributed by atoms with E-state index >= 15 is 0 Å². The van der Waals surface area contributed by atoms with E-state index in [1.807, 2.05) is 0 Å².